The van der Waals surface area contributed by atoms with Gasteiger partial charge in [-0.25, -0.2) is 9.63 Å². The van der Waals surface area contributed by atoms with Crippen LogP contribution in [-0.4, -0.2) is 27.7 Å². The number of carbonyl (C=O) groups excluding carboxylic acids is 1. The van der Waals surface area contributed by atoms with Crippen molar-refractivity contribution in [3.63, 3.8) is 0 Å². The van der Waals surface area contributed by atoms with Crippen LogP contribution in [0.25, 0.3) is 0 Å². The topological polar surface area (TPSA) is 94.1 Å². The highest BCUT2D eigenvalue weighted by Gasteiger charge is 2.12. The first-order chi connectivity index (χ1) is 14.9. The van der Waals surface area contributed by atoms with Gasteiger partial charge < -0.3 is 9.47 Å². The van der Waals surface area contributed by atoms with E-state index in [0.29, 0.717) is 28.5 Å². The third-order valence-electron chi connectivity index (χ3n) is 4.17. The molecule has 0 aliphatic carbocycles. The highest BCUT2D eigenvalue weighted by molar-refractivity contribution is 7.89. The zero-order chi connectivity index (χ0) is 22.3. The van der Waals surface area contributed by atoms with Crippen molar-refractivity contribution >= 4 is 33.8 Å². The maximum atomic E-state index is 12.2. The van der Waals surface area contributed by atoms with E-state index in [0.717, 1.165) is 5.56 Å². The summed E-state index contributed by atoms with van der Waals surface area (Å²) in [5.74, 6) is 0.246. The van der Waals surface area contributed by atoms with Gasteiger partial charge in [0.05, 0.1) is 23.8 Å². The lowest BCUT2D eigenvalue weighted by Crippen LogP contribution is -2.18. The molecule has 0 aliphatic heterocycles. The Hall–Kier alpha value is -3.36. The molecule has 0 fully saturated rings. The van der Waals surface area contributed by atoms with E-state index in [1.54, 1.807) is 48.5 Å². The number of hydrogen-bond acceptors (Lipinski definition) is 6. The minimum atomic E-state index is -3.77. The SMILES string of the molecule is COC(=O)c1ccc(COc2ccc(/C=N/NS(=O)(=O)c3ccc(Cl)cc3)cc2)cc1. The first-order valence-electron chi connectivity index (χ1n) is 9.08. The number of sulfonamides is 1. The zero-order valence-electron chi connectivity index (χ0n) is 16.5. The van der Waals surface area contributed by atoms with Gasteiger partial charge in [0.25, 0.3) is 10.0 Å². The number of esters is 1. The van der Waals surface area contributed by atoms with Crippen LogP contribution in [0.15, 0.2) is 82.8 Å². The van der Waals surface area contributed by atoms with Gasteiger partial charge in [-0.05, 0) is 71.8 Å². The van der Waals surface area contributed by atoms with Crippen LogP contribution >= 0.6 is 11.6 Å². The fourth-order valence-corrected chi connectivity index (χ4v) is 3.43. The number of halogens is 1. The molecule has 3 rings (SSSR count). The molecule has 3 aromatic rings. The molecule has 0 aromatic heterocycles. The Labute approximate surface area is 185 Å². The molecule has 0 heterocycles. The lowest BCUT2D eigenvalue weighted by Gasteiger charge is -2.07. The maximum Gasteiger partial charge on any atom is 0.337 e. The molecule has 3 aromatic carbocycles. The molecule has 0 spiro atoms. The second-order valence-electron chi connectivity index (χ2n) is 6.35. The minimum Gasteiger partial charge on any atom is -0.489 e. The van der Waals surface area contributed by atoms with Gasteiger partial charge in [0, 0.05) is 5.02 Å². The van der Waals surface area contributed by atoms with Crippen molar-refractivity contribution in [3.8, 4) is 5.75 Å². The first kappa shape index (κ1) is 22.3. The maximum absolute atomic E-state index is 12.2. The molecule has 0 saturated carbocycles. The van der Waals surface area contributed by atoms with Crippen LogP contribution in [0, 0.1) is 0 Å². The molecule has 160 valence electrons. The van der Waals surface area contributed by atoms with Crippen LogP contribution in [0.1, 0.15) is 21.5 Å². The molecule has 0 aliphatic rings. The van der Waals surface area contributed by atoms with Crippen LogP contribution in [0.3, 0.4) is 0 Å². The van der Waals surface area contributed by atoms with Crippen molar-refractivity contribution in [2.24, 2.45) is 5.10 Å². The smallest absolute Gasteiger partial charge is 0.337 e. The van der Waals surface area contributed by atoms with Gasteiger partial charge in [-0.15, -0.1) is 0 Å². The number of rotatable bonds is 8. The number of carbonyl (C=O) groups is 1. The van der Waals surface area contributed by atoms with Crippen molar-refractivity contribution in [2.45, 2.75) is 11.5 Å². The average molecular weight is 459 g/mol. The zero-order valence-corrected chi connectivity index (χ0v) is 18.1. The van der Waals surface area contributed by atoms with Gasteiger partial charge in [0.15, 0.2) is 0 Å². The number of benzene rings is 3. The van der Waals surface area contributed by atoms with E-state index in [2.05, 4.69) is 14.7 Å². The molecule has 31 heavy (non-hydrogen) atoms. The second kappa shape index (κ2) is 10.1. The van der Waals surface area contributed by atoms with Gasteiger partial charge in [-0.2, -0.15) is 13.5 Å². The van der Waals surface area contributed by atoms with Gasteiger partial charge in [-0.1, -0.05) is 23.7 Å². The van der Waals surface area contributed by atoms with Crippen molar-refractivity contribution in [1.82, 2.24) is 4.83 Å². The van der Waals surface area contributed by atoms with Crippen LogP contribution in [0.4, 0.5) is 0 Å². The van der Waals surface area contributed by atoms with Gasteiger partial charge in [0.1, 0.15) is 12.4 Å². The molecule has 7 nitrogen and oxygen atoms in total. The molecule has 0 saturated heterocycles. The van der Waals surface area contributed by atoms with E-state index in [9.17, 15) is 13.2 Å². The van der Waals surface area contributed by atoms with Crippen LogP contribution < -0.4 is 9.57 Å². The predicted molar refractivity (Wildman–Crippen MR) is 118 cm³/mol. The summed E-state index contributed by atoms with van der Waals surface area (Å²) in [5, 5.41) is 4.24. The number of hydrogen-bond donors (Lipinski definition) is 1. The van der Waals surface area contributed by atoms with Gasteiger partial charge >= 0.3 is 5.97 Å². The van der Waals surface area contributed by atoms with E-state index < -0.39 is 10.0 Å². The van der Waals surface area contributed by atoms with Gasteiger partial charge in [0.2, 0.25) is 0 Å². The number of ether oxygens (including phenoxy) is 2. The fourth-order valence-electron chi connectivity index (χ4n) is 2.51. The minimum absolute atomic E-state index is 0.0671. The Morgan fingerprint density at radius 3 is 2.26 bits per heavy atom. The van der Waals surface area contributed by atoms with Gasteiger partial charge in [-0.3, -0.25) is 0 Å². The third kappa shape index (κ3) is 6.31. The van der Waals surface area contributed by atoms with E-state index in [1.807, 2.05) is 0 Å². The third-order valence-corrected chi connectivity index (χ3v) is 5.66. The summed E-state index contributed by atoms with van der Waals surface area (Å²) in [6, 6.07) is 19.7. The van der Waals surface area contributed by atoms with E-state index in [4.69, 9.17) is 16.3 Å². The van der Waals surface area contributed by atoms with Crippen LogP contribution in [0.5, 0.6) is 5.75 Å². The molecule has 0 amide bonds. The molecular weight excluding hydrogens is 440 g/mol. The largest absolute Gasteiger partial charge is 0.489 e. The van der Waals surface area contributed by atoms with E-state index >= 15 is 0 Å². The Balaban J connectivity index is 1.54. The molecule has 9 heteroatoms. The fraction of sp³-hybridized carbons (Fsp3) is 0.0909. The normalized spacial score (nSPS) is 11.3. The number of hydrazone groups is 1. The molecule has 0 atom stereocenters. The molecule has 0 bridgehead atoms. The van der Waals surface area contributed by atoms with Crippen LogP contribution in [-0.2, 0) is 21.4 Å². The van der Waals surface area contributed by atoms with E-state index in [-0.39, 0.29) is 10.9 Å². The monoisotopic (exact) mass is 458 g/mol. The lowest BCUT2D eigenvalue weighted by molar-refractivity contribution is 0.0600. The summed E-state index contributed by atoms with van der Waals surface area (Å²) >= 11 is 5.77. The highest BCUT2D eigenvalue weighted by atomic mass is 35.5. The molecular formula is C22H19ClN2O5S. The van der Waals surface area contributed by atoms with Crippen molar-refractivity contribution in [3.05, 3.63) is 94.5 Å². The number of nitrogens with one attached hydrogen (secondary N) is 1. The quantitative estimate of drug-likeness (QED) is 0.312. The predicted octanol–water partition coefficient (Wildman–Crippen LogP) is 4.02. The molecule has 0 radical (unpaired) electrons. The number of nitrogens with zero attached hydrogens (tertiary/aromatic N) is 1. The van der Waals surface area contributed by atoms with Crippen molar-refractivity contribution in [1.29, 1.82) is 0 Å². The Bertz CT molecular complexity index is 1160. The van der Waals surface area contributed by atoms with Crippen molar-refractivity contribution < 1.29 is 22.7 Å². The molecule has 1 N–H and O–H groups in total. The Morgan fingerprint density at radius 1 is 1.00 bits per heavy atom. The van der Waals surface area contributed by atoms with E-state index in [1.165, 1.54) is 37.6 Å². The average Bonchev–Trinajstić information content (AvgIpc) is 2.78. The van der Waals surface area contributed by atoms with Crippen molar-refractivity contribution in [2.75, 3.05) is 7.11 Å². The standard InChI is InChI=1S/C22H19ClN2O5S/c1-29-22(26)18-6-2-17(3-7-18)15-30-20-10-4-16(5-11-20)14-24-25-31(27,28)21-12-8-19(23)9-13-21/h2-14,25H,15H2,1H3/b24-14+. The Kier molecular flexibility index (Phi) is 7.28. The summed E-state index contributed by atoms with van der Waals surface area (Å²) in [6.45, 7) is 0.329. The number of methoxy groups -OCH3 is 1. The second-order valence-corrected chi connectivity index (χ2v) is 8.45. The first-order valence-corrected chi connectivity index (χ1v) is 10.9. The molecule has 0 unspecified atom stereocenters. The summed E-state index contributed by atoms with van der Waals surface area (Å²) in [7, 11) is -2.43. The van der Waals surface area contributed by atoms with Crippen LogP contribution in [0.2, 0.25) is 5.02 Å². The summed E-state index contributed by atoms with van der Waals surface area (Å²) in [5.41, 5.74) is 2.06. The summed E-state index contributed by atoms with van der Waals surface area (Å²) < 4.78 is 34.7. The Morgan fingerprint density at radius 2 is 1.65 bits per heavy atom. The summed E-state index contributed by atoms with van der Waals surface area (Å²) in [4.78, 5) is 13.7. The highest BCUT2D eigenvalue weighted by Crippen LogP contribution is 2.15. The summed E-state index contributed by atoms with van der Waals surface area (Å²) in [6.07, 6.45) is 1.39. The lowest BCUT2D eigenvalue weighted by atomic mass is 10.1.